The van der Waals surface area contributed by atoms with Gasteiger partial charge in [-0.05, 0) is 184 Å². The molecule has 0 aliphatic rings. The molecule has 3 aromatic rings. The van der Waals surface area contributed by atoms with Gasteiger partial charge in [-0.15, -0.1) is 0 Å². The Balaban J connectivity index is 2.42. The first-order chi connectivity index (χ1) is 33.3. The minimum atomic E-state index is -4.36. The molecule has 0 spiro atoms. The first-order valence-corrected chi connectivity index (χ1v) is 30.8. The van der Waals surface area contributed by atoms with E-state index in [0.29, 0.717) is 17.2 Å². The van der Waals surface area contributed by atoms with E-state index in [1.54, 1.807) is 0 Å². The van der Waals surface area contributed by atoms with Gasteiger partial charge < -0.3 is 13.6 Å². The molecule has 0 fully saturated rings. The quantitative estimate of drug-likeness (QED) is 0.0419. The van der Waals surface area contributed by atoms with Crippen molar-refractivity contribution in [3.8, 4) is 17.2 Å². The summed E-state index contributed by atoms with van der Waals surface area (Å²) in [5, 5.41) is 0. The molecule has 0 amide bonds. The molecule has 3 aromatic carbocycles. The van der Waals surface area contributed by atoms with Crippen LogP contribution in [-0.4, -0.2) is 0 Å². The van der Waals surface area contributed by atoms with Crippen LogP contribution in [0, 0.1) is 0 Å². The Morgan fingerprint density at radius 1 is 0.265 bits per heavy atom. The van der Waals surface area contributed by atoms with Crippen molar-refractivity contribution in [1.82, 2.24) is 0 Å². The number of phosphoric ester groups is 1. The number of benzene rings is 3. The van der Waals surface area contributed by atoms with E-state index in [1.807, 2.05) is 0 Å². The highest BCUT2D eigenvalue weighted by atomic mass is 31.2. The third-order valence-corrected chi connectivity index (χ3v) is 15.7. The average molecular weight is 958 g/mol. The van der Waals surface area contributed by atoms with Crippen molar-refractivity contribution in [2.75, 3.05) is 0 Å². The van der Waals surface area contributed by atoms with Crippen LogP contribution in [0.2, 0.25) is 0 Å². The molecule has 0 saturated heterocycles. The monoisotopic (exact) mass is 957 g/mol. The molecular formula is C63H105O4P. The predicted octanol–water partition coefficient (Wildman–Crippen LogP) is 20.9. The van der Waals surface area contributed by atoms with Gasteiger partial charge in [-0.25, -0.2) is 0 Å². The SMILES string of the molecule is CCCCCc1ccc(OP(=O)(Oc2ccc(CCCCC)c(CCCCC)c2CCCCC)Oc2ccc(CCCCC)c(CCCCC)c2CCCCC)c(CCCCC)c1CCCCC. The van der Waals surface area contributed by atoms with Gasteiger partial charge in [0, 0.05) is 0 Å². The van der Waals surface area contributed by atoms with Crippen LogP contribution in [0.25, 0.3) is 0 Å². The van der Waals surface area contributed by atoms with Crippen LogP contribution < -0.4 is 13.6 Å². The van der Waals surface area contributed by atoms with Crippen LogP contribution in [0.1, 0.15) is 286 Å². The van der Waals surface area contributed by atoms with E-state index in [4.69, 9.17) is 13.6 Å². The van der Waals surface area contributed by atoms with Crippen LogP contribution in [0.5, 0.6) is 17.2 Å². The molecule has 0 atom stereocenters. The largest absolute Gasteiger partial charge is 0.647 e. The van der Waals surface area contributed by atoms with Crippen LogP contribution in [-0.2, 0) is 62.4 Å². The molecule has 0 aliphatic heterocycles. The lowest BCUT2D eigenvalue weighted by Crippen LogP contribution is -2.14. The van der Waals surface area contributed by atoms with E-state index >= 15 is 4.57 Å². The predicted molar refractivity (Wildman–Crippen MR) is 298 cm³/mol. The van der Waals surface area contributed by atoms with E-state index in [0.717, 1.165) is 135 Å². The maximum atomic E-state index is 16.5. The number of phosphoric acid groups is 1. The van der Waals surface area contributed by atoms with Crippen molar-refractivity contribution in [3.63, 3.8) is 0 Å². The van der Waals surface area contributed by atoms with Crippen molar-refractivity contribution in [2.45, 2.75) is 293 Å². The van der Waals surface area contributed by atoms with E-state index < -0.39 is 7.82 Å². The molecule has 0 saturated carbocycles. The topological polar surface area (TPSA) is 44.8 Å². The van der Waals surface area contributed by atoms with Crippen LogP contribution in [0.15, 0.2) is 36.4 Å². The highest BCUT2D eigenvalue weighted by Gasteiger charge is 2.37. The molecule has 0 aliphatic carbocycles. The Morgan fingerprint density at radius 3 is 0.662 bits per heavy atom. The molecule has 0 radical (unpaired) electrons. The van der Waals surface area contributed by atoms with Crippen LogP contribution in [0.4, 0.5) is 0 Å². The van der Waals surface area contributed by atoms with E-state index in [9.17, 15) is 0 Å². The van der Waals surface area contributed by atoms with Gasteiger partial charge in [0.25, 0.3) is 0 Å². The number of unbranched alkanes of at least 4 members (excludes halogenated alkanes) is 18. The molecule has 0 heterocycles. The van der Waals surface area contributed by atoms with Gasteiger partial charge >= 0.3 is 7.82 Å². The first kappa shape index (κ1) is 59.6. The lowest BCUT2D eigenvalue weighted by atomic mass is 9.90. The molecule has 0 bridgehead atoms. The van der Waals surface area contributed by atoms with E-state index in [-0.39, 0.29) is 0 Å². The second kappa shape index (κ2) is 36.2. The fraction of sp³-hybridized carbons (Fsp3) is 0.714. The summed E-state index contributed by atoms with van der Waals surface area (Å²) in [5.41, 5.74) is 12.2. The summed E-state index contributed by atoms with van der Waals surface area (Å²) in [6, 6.07) is 13.3. The van der Waals surface area contributed by atoms with Gasteiger partial charge in [0.05, 0.1) is 0 Å². The van der Waals surface area contributed by atoms with Crippen molar-refractivity contribution in [2.24, 2.45) is 0 Å². The number of rotatable bonds is 42. The van der Waals surface area contributed by atoms with Gasteiger partial charge in [-0.3, -0.25) is 0 Å². The molecule has 0 N–H and O–H groups in total. The molecule has 0 aromatic heterocycles. The minimum absolute atomic E-state index is 0.689. The first-order valence-electron chi connectivity index (χ1n) is 29.4. The maximum absolute atomic E-state index is 16.5. The zero-order valence-electron chi connectivity index (χ0n) is 46.0. The standard InChI is InChI=1S/C63H105O4P/c1-10-19-28-37-52-46-49-61(58(43-34-25-16-7)55(52)40-31-22-13-4)65-68(64,66-62-50-47-53(38-29-20-11-2)56(41-32-23-14-5)59(62)44-35-26-17-8)67-63-51-48-54(39-30-21-12-3)57(42-33-24-15-6)60(63)45-36-27-18-9/h46-51H,10-45H2,1-9H3. The number of aryl methyl sites for hydroxylation is 3. The van der Waals surface area contributed by atoms with Gasteiger partial charge in [0.2, 0.25) is 0 Å². The summed E-state index contributed by atoms with van der Waals surface area (Å²) in [6.07, 6.45) is 40.5. The summed E-state index contributed by atoms with van der Waals surface area (Å²) >= 11 is 0. The van der Waals surface area contributed by atoms with Crippen molar-refractivity contribution >= 4 is 7.82 Å². The van der Waals surface area contributed by atoms with E-state index in [1.165, 1.54) is 146 Å². The smallest absolute Gasteiger partial charge is 0.386 e. The fourth-order valence-corrected chi connectivity index (χ4v) is 11.6. The lowest BCUT2D eigenvalue weighted by Gasteiger charge is -2.27. The number of hydrogen-bond acceptors (Lipinski definition) is 4. The average Bonchev–Trinajstić information content (AvgIpc) is 3.33. The zero-order valence-corrected chi connectivity index (χ0v) is 46.9. The van der Waals surface area contributed by atoms with Gasteiger partial charge in [0.1, 0.15) is 17.2 Å². The Morgan fingerprint density at radius 2 is 0.456 bits per heavy atom. The Kier molecular flexibility index (Phi) is 31.8. The molecule has 3 rings (SSSR count). The fourth-order valence-electron chi connectivity index (χ4n) is 10.3. The maximum Gasteiger partial charge on any atom is 0.647 e. The summed E-state index contributed by atoms with van der Waals surface area (Å²) in [7, 11) is -4.36. The molecule has 0 unspecified atom stereocenters. The van der Waals surface area contributed by atoms with Crippen molar-refractivity contribution in [1.29, 1.82) is 0 Å². The molecule has 5 heteroatoms. The second-order valence-corrected chi connectivity index (χ2v) is 21.8. The van der Waals surface area contributed by atoms with Gasteiger partial charge in [-0.2, -0.15) is 4.57 Å². The van der Waals surface area contributed by atoms with Gasteiger partial charge in [0.15, 0.2) is 0 Å². The Labute approximate surface area is 421 Å². The van der Waals surface area contributed by atoms with Crippen molar-refractivity contribution < 1.29 is 18.1 Å². The number of hydrogen-bond donors (Lipinski definition) is 0. The summed E-state index contributed by atoms with van der Waals surface area (Å²) in [6.45, 7) is 20.6. The zero-order chi connectivity index (χ0) is 49.2. The third-order valence-electron chi connectivity index (χ3n) is 14.4. The summed E-state index contributed by atoms with van der Waals surface area (Å²) < 4.78 is 38.0. The minimum Gasteiger partial charge on any atom is -0.386 e. The lowest BCUT2D eigenvalue weighted by molar-refractivity contribution is 0.294. The highest BCUT2D eigenvalue weighted by molar-refractivity contribution is 7.49. The molecule has 68 heavy (non-hydrogen) atoms. The molecule has 386 valence electrons. The Bertz CT molecular complexity index is 1620. The van der Waals surface area contributed by atoms with Gasteiger partial charge in [-0.1, -0.05) is 196 Å². The van der Waals surface area contributed by atoms with Crippen molar-refractivity contribution in [3.05, 3.63) is 86.5 Å². The highest BCUT2D eigenvalue weighted by Crippen LogP contribution is 2.54. The third kappa shape index (κ3) is 20.9. The Hall–Kier alpha value is -2.71. The van der Waals surface area contributed by atoms with E-state index in [2.05, 4.69) is 98.7 Å². The molecule has 4 nitrogen and oxygen atoms in total. The second-order valence-electron chi connectivity index (χ2n) is 20.4. The van der Waals surface area contributed by atoms with Crippen LogP contribution in [0.3, 0.4) is 0 Å². The summed E-state index contributed by atoms with van der Waals surface area (Å²) in [4.78, 5) is 0. The normalized spacial score (nSPS) is 11.7. The molecular weight excluding hydrogens is 852 g/mol. The summed E-state index contributed by atoms with van der Waals surface area (Å²) in [5.74, 6) is 2.07. The van der Waals surface area contributed by atoms with Crippen LogP contribution >= 0.6 is 7.82 Å².